The summed E-state index contributed by atoms with van der Waals surface area (Å²) < 4.78 is 10.3. The van der Waals surface area contributed by atoms with Gasteiger partial charge in [0.2, 0.25) is 0 Å². The van der Waals surface area contributed by atoms with Crippen molar-refractivity contribution in [2.45, 2.75) is 10.5 Å². The second-order valence-corrected chi connectivity index (χ2v) is 5.30. The minimum Gasteiger partial charge on any atom is -0.497 e. The molecule has 1 aromatic carbocycles. The SMILES string of the molecule is COc1ccc(C(CN)SC2COC2)cc1. The van der Waals surface area contributed by atoms with Gasteiger partial charge >= 0.3 is 0 Å². The molecule has 0 amide bonds. The van der Waals surface area contributed by atoms with Crippen molar-refractivity contribution >= 4 is 11.8 Å². The molecule has 1 atom stereocenters. The summed E-state index contributed by atoms with van der Waals surface area (Å²) in [5.41, 5.74) is 7.07. The van der Waals surface area contributed by atoms with Gasteiger partial charge in [0.1, 0.15) is 5.75 Å². The molecule has 1 aliphatic heterocycles. The molecule has 0 bridgehead atoms. The Morgan fingerprint density at radius 3 is 2.56 bits per heavy atom. The molecular formula is C12H17NO2S. The fourth-order valence-electron chi connectivity index (χ4n) is 1.61. The Morgan fingerprint density at radius 1 is 1.44 bits per heavy atom. The first-order valence-electron chi connectivity index (χ1n) is 5.40. The summed E-state index contributed by atoms with van der Waals surface area (Å²) in [6.45, 7) is 2.38. The Hall–Kier alpha value is -0.710. The van der Waals surface area contributed by atoms with Crippen LogP contribution in [0.25, 0.3) is 0 Å². The van der Waals surface area contributed by atoms with Crippen LogP contribution in [0.5, 0.6) is 5.75 Å². The highest BCUT2D eigenvalue weighted by molar-refractivity contribution is 8.00. The zero-order valence-corrected chi connectivity index (χ0v) is 10.2. The number of nitrogens with two attached hydrogens (primary N) is 1. The highest BCUT2D eigenvalue weighted by Gasteiger charge is 2.23. The maximum Gasteiger partial charge on any atom is 0.118 e. The molecule has 2 N–H and O–H groups in total. The molecule has 88 valence electrons. The van der Waals surface area contributed by atoms with E-state index in [0.29, 0.717) is 17.0 Å². The predicted molar refractivity (Wildman–Crippen MR) is 67.0 cm³/mol. The predicted octanol–water partition coefficient (Wildman–Crippen LogP) is 1.83. The fourth-order valence-corrected chi connectivity index (χ4v) is 2.85. The number of ether oxygens (including phenoxy) is 2. The summed E-state index contributed by atoms with van der Waals surface area (Å²) in [6, 6.07) is 8.14. The Morgan fingerprint density at radius 2 is 2.12 bits per heavy atom. The van der Waals surface area contributed by atoms with Crippen molar-refractivity contribution in [2.24, 2.45) is 5.73 Å². The van der Waals surface area contributed by atoms with Gasteiger partial charge in [-0.3, -0.25) is 0 Å². The van der Waals surface area contributed by atoms with E-state index in [9.17, 15) is 0 Å². The van der Waals surface area contributed by atoms with Crippen molar-refractivity contribution in [1.82, 2.24) is 0 Å². The zero-order valence-electron chi connectivity index (χ0n) is 9.39. The Bertz CT molecular complexity index is 324. The van der Waals surface area contributed by atoms with Crippen LogP contribution in [0.4, 0.5) is 0 Å². The van der Waals surface area contributed by atoms with Gasteiger partial charge in [0.15, 0.2) is 0 Å². The molecule has 1 fully saturated rings. The summed E-state index contributed by atoms with van der Waals surface area (Å²) in [6.07, 6.45) is 0. The normalized spacial score (nSPS) is 17.9. The van der Waals surface area contributed by atoms with E-state index in [-0.39, 0.29) is 0 Å². The van der Waals surface area contributed by atoms with Crippen LogP contribution in [0.3, 0.4) is 0 Å². The van der Waals surface area contributed by atoms with Gasteiger partial charge < -0.3 is 15.2 Å². The summed E-state index contributed by atoms with van der Waals surface area (Å²) in [4.78, 5) is 0. The Kier molecular flexibility index (Phi) is 4.09. The minimum atomic E-state index is 0.361. The molecule has 16 heavy (non-hydrogen) atoms. The average molecular weight is 239 g/mol. The molecular weight excluding hydrogens is 222 g/mol. The number of thioether (sulfide) groups is 1. The molecule has 1 aliphatic rings. The number of methoxy groups -OCH3 is 1. The standard InChI is InChI=1S/C12H17NO2S/c1-14-10-4-2-9(3-5-10)12(6-13)16-11-7-15-8-11/h2-5,11-12H,6-8,13H2,1H3. The van der Waals surface area contributed by atoms with E-state index in [1.54, 1.807) is 7.11 Å². The van der Waals surface area contributed by atoms with E-state index in [0.717, 1.165) is 19.0 Å². The van der Waals surface area contributed by atoms with Gasteiger partial charge in [-0.2, -0.15) is 0 Å². The molecule has 1 unspecified atom stereocenters. The van der Waals surface area contributed by atoms with Crippen molar-refractivity contribution in [2.75, 3.05) is 26.9 Å². The average Bonchev–Trinajstić information content (AvgIpc) is 2.28. The quantitative estimate of drug-likeness (QED) is 0.851. The maximum absolute atomic E-state index is 5.81. The lowest BCUT2D eigenvalue weighted by atomic mass is 10.1. The molecule has 1 aromatic rings. The van der Waals surface area contributed by atoms with Crippen LogP contribution < -0.4 is 10.5 Å². The van der Waals surface area contributed by atoms with Crippen LogP contribution in [0, 0.1) is 0 Å². The lowest BCUT2D eigenvalue weighted by Gasteiger charge is -2.29. The van der Waals surface area contributed by atoms with Gasteiger partial charge in [-0.1, -0.05) is 12.1 Å². The van der Waals surface area contributed by atoms with E-state index in [1.165, 1.54) is 5.56 Å². The number of rotatable bonds is 5. The first kappa shape index (κ1) is 11.8. The van der Waals surface area contributed by atoms with Crippen molar-refractivity contribution in [3.05, 3.63) is 29.8 Å². The first-order valence-corrected chi connectivity index (χ1v) is 6.35. The second-order valence-electron chi connectivity index (χ2n) is 3.79. The van der Waals surface area contributed by atoms with Crippen molar-refractivity contribution in [1.29, 1.82) is 0 Å². The van der Waals surface area contributed by atoms with E-state index in [2.05, 4.69) is 12.1 Å². The lowest BCUT2D eigenvalue weighted by molar-refractivity contribution is 0.0453. The summed E-state index contributed by atoms with van der Waals surface area (Å²) in [7, 11) is 1.68. The molecule has 2 rings (SSSR count). The maximum atomic E-state index is 5.81. The topological polar surface area (TPSA) is 44.5 Å². The molecule has 0 saturated carbocycles. The van der Waals surface area contributed by atoms with E-state index >= 15 is 0 Å². The molecule has 1 saturated heterocycles. The van der Waals surface area contributed by atoms with Gasteiger partial charge in [0.05, 0.1) is 25.6 Å². The summed E-state index contributed by atoms with van der Waals surface area (Å²) >= 11 is 1.91. The smallest absolute Gasteiger partial charge is 0.118 e. The fraction of sp³-hybridized carbons (Fsp3) is 0.500. The molecule has 0 aromatic heterocycles. The number of benzene rings is 1. The molecule has 3 nitrogen and oxygen atoms in total. The van der Waals surface area contributed by atoms with Gasteiger partial charge in [-0.15, -0.1) is 11.8 Å². The zero-order chi connectivity index (χ0) is 11.4. The van der Waals surface area contributed by atoms with E-state index < -0.39 is 0 Å². The molecule has 0 radical (unpaired) electrons. The van der Waals surface area contributed by atoms with Crippen LogP contribution in [-0.2, 0) is 4.74 Å². The minimum absolute atomic E-state index is 0.361. The monoisotopic (exact) mass is 239 g/mol. The Balaban J connectivity index is 2.00. The van der Waals surface area contributed by atoms with Crippen molar-refractivity contribution in [3.8, 4) is 5.75 Å². The van der Waals surface area contributed by atoms with Crippen LogP contribution in [0.2, 0.25) is 0 Å². The second kappa shape index (κ2) is 5.57. The van der Waals surface area contributed by atoms with Gasteiger partial charge in [0, 0.05) is 11.8 Å². The summed E-state index contributed by atoms with van der Waals surface area (Å²) in [5, 5.41) is 0.968. The molecule has 0 aliphatic carbocycles. The van der Waals surface area contributed by atoms with Crippen molar-refractivity contribution < 1.29 is 9.47 Å². The third kappa shape index (κ3) is 2.70. The van der Waals surface area contributed by atoms with E-state index in [4.69, 9.17) is 15.2 Å². The molecule has 0 spiro atoms. The molecule has 1 heterocycles. The Labute approximate surface area is 100 Å². The third-order valence-corrected chi connectivity index (χ3v) is 4.12. The van der Waals surface area contributed by atoms with Crippen LogP contribution in [0.1, 0.15) is 10.8 Å². The summed E-state index contributed by atoms with van der Waals surface area (Å²) in [5.74, 6) is 0.886. The van der Waals surface area contributed by atoms with E-state index in [1.807, 2.05) is 23.9 Å². The van der Waals surface area contributed by atoms with Crippen LogP contribution in [0.15, 0.2) is 24.3 Å². The van der Waals surface area contributed by atoms with Gasteiger partial charge in [-0.05, 0) is 17.7 Å². The van der Waals surface area contributed by atoms with Gasteiger partial charge in [-0.25, -0.2) is 0 Å². The number of hydrogen-bond acceptors (Lipinski definition) is 4. The van der Waals surface area contributed by atoms with Crippen molar-refractivity contribution in [3.63, 3.8) is 0 Å². The largest absolute Gasteiger partial charge is 0.497 e. The first-order chi connectivity index (χ1) is 7.83. The number of hydrogen-bond donors (Lipinski definition) is 1. The third-order valence-electron chi connectivity index (χ3n) is 2.67. The van der Waals surface area contributed by atoms with Gasteiger partial charge in [0.25, 0.3) is 0 Å². The van der Waals surface area contributed by atoms with Crippen LogP contribution >= 0.6 is 11.8 Å². The molecule has 4 heteroatoms. The highest BCUT2D eigenvalue weighted by atomic mass is 32.2. The highest BCUT2D eigenvalue weighted by Crippen LogP contribution is 2.34. The van der Waals surface area contributed by atoms with Crippen LogP contribution in [-0.4, -0.2) is 32.1 Å². The lowest BCUT2D eigenvalue weighted by Crippen LogP contribution is -2.32.